The van der Waals surface area contributed by atoms with Gasteiger partial charge in [0.25, 0.3) is 0 Å². The average molecular weight is 300 g/mol. The molecule has 1 rings (SSSR count). The zero-order valence-electron chi connectivity index (χ0n) is 10.7. The molecule has 0 bridgehead atoms. The molecule has 1 aromatic rings. The summed E-state index contributed by atoms with van der Waals surface area (Å²) < 4.78 is 6.91. The Kier molecular flexibility index (Phi) is 6.60. The van der Waals surface area contributed by atoms with Crippen LogP contribution in [0.2, 0.25) is 0 Å². The maximum absolute atomic E-state index is 5.80. The van der Waals surface area contributed by atoms with Crippen molar-refractivity contribution in [3.8, 4) is 5.75 Å². The van der Waals surface area contributed by atoms with Gasteiger partial charge in [0, 0.05) is 4.47 Å². The molecule has 3 heteroatoms. The second kappa shape index (κ2) is 7.72. The normalized spacial score (nSPS) is 12.5. The maximum Gasteiger partial charge on any atom is 0.119 e. The van der Waals surface area contributed by atoms with Crippen molar-refractivity contribution >= 4 is 15.9 Å². The van der Waals surface area contributed by atoms with Crippen LogP contribution in [0.4, 0.5) is 0 Å². The quantitative estimate of drug-likeness (QED) is 0.832. The summed E-state index contributed by atoms with van der Waals surface area (Å²) in [5.74, 6) is 1.56. The van der Waals surface area contributed by atoms with E-state index in [1.807, 2.05) is 12.1 Å². The number of rotatable bonds is 7. The van der Waals surface area contributed by atoms with Crippen molar-refractivity contribution < 1.29 is 4.74 Å². The first-order valence-electron chi connectivity index (χ1n) is 6.28. The van der Waals surface area contributed by atoms with Crippen LogP contribution in [-0.2, 0) is 6.42 Å². The molecule has 0 saturated heterocycles. The van der Waals surface area contributed by atoms with E-state index in [1.165, 1.54) is 18.4 Å². The Labute approximate surface area is 113 Å². The lowest BCUT2D eigenvalue weighted by Crippen LogP contribution is -2.09. The molecule has 0 aliphatic carbocycles. The third-order valence-corrected chi connectivity index (χ3v) is 3.52. The number of halogens is 1. The van der Waals surface area contributed by atoms with E-state index in [-0.39, 0.29) is 0 Å². The van der Waals surface area contributed by atoms with Crippen molar-refractivity contribution in [3.63, 3.8) is 0 Å². The molecule has 1 unspecified atom stereocenters. The molecular weight excluding hydrogens is 278 g/mol. The Hall–Kier alpha value is -0.540. The molecule has 17 heavy (non-hydrogen) atoms. The lowest BCUT2D eigenvalue weighted by molar-refractivity contribution is 0.251. The van der Waals surface area contributed by atoms with Gasteiger partial charge in [-0.05, 0) is 49.1 Å². The van der Waals surface area contributed by atoms with E-state index >= 15 is 0 Å². The molecule has 0 amide bonds. The molecule has 1 aromatic carbocycles. The van der Waals surface area contributed by atoms with Gasteiger partial charge < -0.3 is 10.5 Å². The van der Waals surface area contributed by atoms with E-state index in [2.05, 4.69) is 35.8 Å². The molecule has 0 heterocycles. The first-order valence-corrected chi connectivity index (χ1v) is 7.08. The summed E-state index contributed by atoms with van der Waals surface area (Å²) in [6.07, 6.45) is 3.30. The van der Waals surface area contributed by atoms with Gasteiger partial charge in [0.2, 0.25) is 0 Å². The number of ether oxygens (including phenoxy) is 1. The highest BCUT2D eigenvalue weighted by atomic mass is 79.9. The van der Waals surface area contributed by atoms with Gasteiger partial charge in [0.1, 0.15) is 5.75 Å². The molecule has 2 nitrogen and oxygen atoms in total. The molecule has 2 N–H and O–H groups in total. The van der Waals surface area contributed by atoms with Gasteiger partial charge in [-0.15, -0.1) is 0 Å². The van der Waals surface area contributed by atoms with Crippen LogP contribution in [0.1, 0.15) is 32.3 Å². The van der Waals surface area contributed by atoms with E-state index < -0.39 is 0 Å². The van der Waals surface area contributed by atoms with Crippen LogP contribution in [0.3, 0.4) is 0 Å². The Morgan fingerprint density at radius 3 is 2.82 bits per heavy atom. The Morgan fingerprint density at radius 1 is 1.41 bits per heavy atom. The van der Waals surface area contributed by atoms with Crippen LogP contribution in [0.25, 0.3) is 0 Å². The first-order chi connectivity index (χ1) is 8.17. The number of hydrogen-bond acceptors (Lipinski definition) is 2. The largest absolute Gasteiger partial charge is 0.493 e. The second-order valence-electron chi connectivity index (χ2n) is 4.50. The van der Waals surface area contributed by atoms with E-state index in [0.29, 0.717) is 12.5 Å². The Morgan fingerprint density at radius 2 is 2.18 bits per heavy atom. The molecule has 0 spiro atoms. The molecule has 0 saturated carbocycles. The predicted molar refractivity (Wildman–Crippen MR) is 76.5 cm³/mol. The summed E-state index contributed by atoms with van der Waals surface area (Å²) in [6, 6.07) is 6.11. The molecular formula is C14H22BrNO. The Balaban J connectivity index is 2.56. The smallest absolute Gasteiger partial charge is 0.119 e. The van der Waals surface area contributed by atoms with Crippen LogP contribution in [0, 0.1) is 5.92 Å². The molecule has 0 aliphatic rings. The van der Waals surface area contributed by atoms with Crippen molar-refractivity contribution in [2.45, 2.75) is 33.1 Å². The molecule has 1 atom stereocenters. The minimum Gasteiger partial charge on any atom is -0.493 e. The van der Waals surface area contributed by atoms with E-state index in [9.17, 15) is 0 Å². The number of hydrogen-bond donors (Lipinski definition) is 1. The molecule has 0 aromatic heterocycles. The molecule has 0 fully saturated rings. The van der Waals surface area contributed by atoms with Crippen molar-refractivity contribution in [2.24, 2.45) is 11.7 Å². The SMILES string of the molecule is CCCC(C)COc1ccc(Br)c(CCN)c1. The lowest BCUT2D eigenvalue weighted by atomic mass is 10.1. The summed E-state index contributed by atoms with van der Waals surface area (Å²) in [4.78, 5) is 0. The highest BCUT2D eigenvalue weighted by Gasteiger charge is 2.04. The molecule has 0 radical (unpaired) electrons. The predicted octanol–water partition coefficient (Wildman–Crippen LogP) is 3.77. The first kappa shape index (κ1) is 14.5. The highest BCUT2D eigenvalue weighted by Crippen LogP contribution is 2.23. The van der Waals surface area contributed by atoms with Crippen LogP contribution in [-0.4, -0.2) is 13.2 Å². The van der Waals surface area contributed by atoms with Crippen molar-refractivity contribution in [2.75, 3.05) is 13.2 Å². The summed E-state index contributed by atoms with van der Waals surface area (Å²) in [5.41, 5.74) is 6.80. The topological polar surface area (TPSA) is 35.2 Å². The zero-order valence-corrected chi connectivity index (χ0v) is 12.3. The van der Waals surface area contributed by atoms with Gasteiger partial charge >= 0.3 is 0 Å². The summed E-state index contributed by atoms with van der Waals surface area (Å²) in [6.45, 7) is 5.88. The maximum atomic E-state index is 5.80. The zero-order chi connectivity index (χ0) is 12.7. The van der Waals surface area contributed by atoms with Gasteiger partial charge in [0.15, 0.2) is 0 Å². The fourth-order valence-electron chi connectivity index (χ4n) is 1.80. The third kappa shape index (κ3) is 5.09. The highest BCUT2D eigenvalue weighted by molar-refractivity contribution is 9.10. The van der Waals surface area contributed by atoms with Crippen LogP contribution < -0.4 is 10.5 Å². The third-order valence-electron chi connectivity index (χ3n) is 2.75. The summed E-state index contributed by atoms with van der Waals surface area (Å²) in [5, 5.41) is 0. The minimum atomic E-state index is 0.613. The van der Waals surface area contributed by atoms with Crippen molar-refractivity contribution in [3.05, 3.63) is 28.2 Å². The fourth-order valence-corrected chi connectivity index (χ4v) is 2.25. The molecule has 0 aliphatic heterocycles. The average Bonchev–Trinajstić information content (AvgIpc) is 2.31. The van der Waals surface area contributed by atoms with Gasteiger partial charge in [0.05, 0.1) is 6.61 Å². The minimum absolute atomic E-state index is 0.613. The number of nitrogens with two attached hydrogens (primary N) is 1. The standard InChI is InChI=1S/C14H22BrNO/c1-3-4-11(2)10-17-13-5-6-14(15)12(9-13)7-8-16/h5-6,9,11H,3-4,7-8,10,16H2,1-2H3. The van der Waals surface area contributed by atoms with E-state index in [4.69, 9.17) is 10.5 Å². The van der Waals surface area contributed by atoms with Crippen LogP contribution in [0.5, 0.6) is 5.75 Å². The van der Waals surface area contributed by atoms with Gasteiger partial charge in [-0.1, -0.05) is 36.2 Å². The van der Waals surface area contributed by atoms with Crippen LogP contribution in [0.15, 0.2) is 22.7 Å². The van der Waals surface area contributed by atoms with Gasteiger partial charge in [-0.25, -0.2) is 0 Å². The molecule has 96 valence electrons. The Bertz CT molecular complexity index is 341. The number of benzene rings is 1. The van der Waals surface area contributed by atoms with Crippen molar-refractivity contribution in [1.29, 1.82) is 0 Å². The summed E-state index contributed by atoms with van der Waals surface area (Å²) >= 11 is 3.53. The lowest BCUT2D eigenvalue weighted by Gasteiger charge is -2.13. The summed E-state index contributed by atoms with van der Waals surface area (Å²) in [7, 11) is 0. The monoisotopic (exact) mass is 299 g/mol. The van der Waals surface area contributed by atoms with Crippen molar-refractivity contribution in [1.82, 2.24) is 0 Å². The fraction of sp³-hybridized carbons (Fsp3) is 0.571. The second-order valence-corrected chi connectivity index (χ2v) is 5.35. The van der Waals surface area contributed by atoms with E-state index in [0.717, 1.165) is 23.2 Å². The van der Waals surface area contributed by atoms with Gasteiger partial charge in [-0.3, -0.25) is 0 Å². The van der Waals surface area contributed by atoms with Gasteiger partial charge in [-0.2, -0.15) is 0 Å². The van der Waals surface area contributed by atoms with Crippen LogP contribution >= 0.6 is 15.9 Å². The van der Waals surface area contributed by atoms with E-state index in [1.54, 1.807) is 0 Å².